The zero-order valence-electron chi connectivity index (χ0n) is 20.5. The molecule has 0 aliphatic carbocycles. The number of carbonyl (C=O) groups excluding carboxylic acids is 1. The Bertz CT molecular complexity index is 1160. The second kappa shape index (κ2) is 12.5. The Hall–Kier alpha value is -2.73. The lowest BCUT2D eigenvalue weighted by Gasteiger charge is -2.32. The van der Waals surface area contributed by atoms with E-state index in [-0.39, 0.29) is 11.8 Å². The number of halogens is 2. The van der Waals surface area contributed by atoms with Gasteiger partial charge in [0.05, 0.1) is 29.2 Å². The summed E-state index contributed by atoms with van der Waals surface area (Å²) in [6.07, 6.45) is 3.26. The average molecular weight is 527 g/mol. The van der Waals surface area contributed by atoms with E-state index in [4.69, 9.17) is 38.4 Å². The lowest BCUT2D eigenvalue weighted by atomic mass is 9.95. The fourth-order valence-corrected chi connectivity index (χ4v) is 5.21. The van der Waals surface area contributed by atoms with Crippen LogP contribution in [-0.2, 0) is 17.6 Å². The van der Waals surface area contributed by atoms with Crippen LogP contribution in [0.1, 0.15) is 29.5 Å². The van der Waals surface area contributed by atoms with Crippen molar-refractivity contribution in [1.82, 2.24) is 0 Å². The van der Waals surface area contributed by atoms with Crippen LogP contribution in [0.5, 0.6) is 11.5 Å². The topological polar surface area (TPSA) is 64.8 Å². The quantitative estimate of drug-likeness (QED) is 0.317. The van der Waals surface area contributed by atoms with E-state index in [2.05, 4.69) is 6.07 Å². The highest BCUT2D eigenvalue weighted by molar-refractivity contribution is 6.37. The van der Waals surface area contributed by atoms with Crippen molar-refractivity contribution in [3.8, 4) is 11.5 Å². The first-order chi connectivity index (χ1) is 17.5. The Morgan fingerprint density at radius 1 is 1.03 bits per heavy atom. The number of aryl methyl sites for hydroxylation is 2. The molecule has 0 bridgehead atoms. The van der Waals surface area contributed by atoms with E-state index >= 15 is 0 Å². The van der Waals surface area contributed by atoms with Gasteiger partial charge in [0.1, 0.15) is 5.75 Å². The molecule has 36 heavy (non-hydrogen) atoms. The molecular weight excluding hydrogens is 495 g/mol. The number of hydrogen-bond donors (Lipinski definition) is 1. The summed E-state index contributed by atoms with van der Waals surface area (Å²) >= 11 is 12.4. The number of para-hydroxylation sites is 1. The standard InChI is InChI=1S/C29H32Cl2N2O3/c1-20-16-25(30)28(26(31)17-20)36-15-5-14-35-24-11-9-21(10-12-24)18-23(19-32)29(34)33-13-4-7-22-6-2-3-8-27(22)33/h2-3,6,8-12,16-17,23H,4-5,7,13-15,18-19,32H2,1H3. The normalized spacial score (nSPS) is 13.7. The highest BCUT2D eigenvalue weighted by Gasteiger charge is 2.28. The van der Waals surface area contributed by atoms with Gasteiger partial charge in [-0.05, 0) is 73.2 Å². The zero-order chi connectivity index (χ0) is 25.5. The first kappa shape index (κ1) is 26.3. The van der Waals surface area contributed by atoms with E-state index in [1.807, 2.05) is 66.4 Å². The first-order valence-corrected chi connectivity index (χ1v) is 13.1. The van der Waals surface area contributed by atoms with Crippen LogP contribution in [0.15, 0.2) is 60.7 Å². The molecule has 4 rings (SSSR count). The molecule has 3 aromatic carbocycles. The van der Waals surface area contributed by atoms with Gasteiger partial charge in [-0.25, -0.2) is 0 Å². The largest absolute Gasteiger partial charge is 0.493 e. The van der Waals surface area contributed by atoms with E-state index in [9.17, 15) is 4.79 Å². The zero-order valence-corrected chi connectivity index (χ0v) is 22.0. The summed E-state index contributed by atoms with van der Waals surface area (Å²) in [4.78, 5) is 15.2. The Kier molecular flexibility index (Phi) is 9.13. The van der Waals surface area contributed by atoms with Crippen molar-refractivity contribution in [3.63, 3.8) is 0 Å². The molecular formula is C29H32Cl2N2O3. The summed E-state index contributed by atoms with van der Waals surface area (Å²) < 4.78 is 11.6. The second-order valence-electron chi connectivity index (χ2n) is 9.11. The monoisotopic (exact) mass is 526 g/mol. The second-order valence-corrected chi connectivity index (χ2v) is 9.93. The summed E-state index contributed by atoms with van der Waals surface area (Å²) in [6, 6.07) is 19.7. The number of nitrogens with two attached hydrogens (primary N) is 1. The van der Waals surface area contributed by atoms with Gasteiger partial charge in [-0.3, -0.25) is 4.79 Å². The lowest BCUT2D eigenvalue weighted by molar-refractivity contribution is -0.122. The third-order valence-corrected chi connectivity index (χ3v) is 6.92. The average Bonchev–Trinajstić information content (AvgIpc) is 2.88. The predicted octanol–water partition coefficient (Wildman–Crippen LogP) is 6.25. The van der Waals surface area contributed by atoms with E-state index < -0.39 is 0 Å². The minimum Gasteiger partial charge on any atom is -0.493 e. The molecule has 0 fully saturated rings. The van der Waals surface area contributed by atoms with Crippen LogP contribution in [0.2, 0.25) is 10.0 Å². The number of nitrogens with zero attached hydrogens (tertiary/aromatic N) is 1. The molecule has 1 heterocycles. The Balaban J connectivity index is 1.26. The molecule has 1 aliphatic rings. The number of benzene rings is 3. The minimum atomic E-state index is -0.263. The van der Waals surface area contributed by atoms with Gasteiger partial charge >= 0.3 is 0 Å². The molecule has 1 atom stereocenters. The third kappa shape index (κ3) is 6.52. The van der Waals surface area contributed by atoms with Crippen molar-refractivity contribution in [2.24, 2.45) is 11.7 Å². The van der Waals surface area contributed by atoms with Gasteiger partial charge in [0, 0.05) is 25.2 Å². The van der Waals surface area contributed by atoms with Gasteiger partial charge in [0.25, 0.3) is 0 Å². The predicted molar refractivity (Wildman–Crippen MR) is 147 cm³/mol. The van der Waals surface area contributed by atoms with E-state index in [0.717, 1.165) is 42.0 Å². The molecule has 190 valence electrons. The summed E-state index contributed by atoms with van der Waals surface area (Å²) in [5.41, 5.74) is 10.3. The van der Waals surface area contributed by atoms with Crippen LogP contribution in [-0.4, -0.2) is 32.2 Å². The van der Waals surface area contributed by atoms with Crippen molar-refractivity contribution >= 4 is 34.8 Å². The Labute approximate surface area is 223 Å². The molecule has 0 aromatic heterocycles. The van der Waals surface area contributed by atoms with Gasteiger partial charge < -0.3 is 20.1 Å². The van der Waals surface area contributed by atoms with Gasteiger partial charge in [-0.15, -0.1) is 0 Å². The number of fused-ring (bicyclic) bond motifs is 1. The third-order valence-electron chi connectivity index (χ3n) is 6.36. The number of hydrogen-bond acceptors (Lipinski definition) is 4. The number of rotatable bonds is 10. The maximum Gasteiger partial charge on any atom is 0.231 e. The van der Waals surface area contributed by atoms with Crippen LogP contribution in [0.25, 0.3) is 0 Å². The van der Waals surface area contributed by atoms with Crippen LogP contribution in [0.3, 0.4) is 0 Å². The first-order valence-electron chi connectivity index (χ1n) is 12.4. The summed E-state index contributed by atoms with van der Waals surface area (Å²) in [7, 11) is 0. The molecule has 0 saturated carbocycles. The van der Waals surface area contributed by atoms with E-state index in [1.165, 1.54) is 5.56 Å². The van der Waals surface area contributed by atoms with Crippen molar-refractivity contribution in [1.29, 1.82) is 0 Å². The van der Waals surface area contributed by atoms with Crippen molar-refractivity contribution in [3.05, 3.63) is 87.4 Å². The number of amides is 1. The van der Waals surface area contributed by atoms with Gasteiger partial charge in [-0.1, -0.05) is 53.5 Å². The number of ether oxygens (including phenoxy) is 2. The van der Waals surface area contributed by atoms with Crippen LogP contribution in [0, 0.1) is 12.8 Å². The molecule has 0 saturated heterocycles. The van der Waals surface area contributed by atoms with Crippen molar-refractivity contribution < 1.29 is 14.3 Å². The molecule has 5 nitrogen and oxygen atoms in total. The van der Waals surface area contributed by atoms with Crippen molar-refractivity contribution in [2.45, 2.75) is 32.6 Å². The van der Waals surface area contributed by atoms with Crippen LogP contribution in [0.4, 0.5) is 5.69 Å². The van der Waals surface area contributed by atoms with Crippen LogP contribution >= 0.6 is 23.2 Å². The Morgan fingerprint density at radius 3 is 2.44 bits per heavy atom. The summed E-state index contributed by atoms with van der Waals surface area (Å²) in [6.45, 7) is 3.93. The van der Waals surface area contributed by atoms with Gasteiger partial charge in [0.2, 0.25) is 5.91 Å². The number of carbonyl (C=O) groups is 1. The van der Waals surface area contributed by atoms with E-state index in [1.54, 1.807) is 0 Å². The fraction of sp³-hybridized carbons (Fsp3) is 0.345. The molecule has 3 aromatic rings. The molecule has 2 N–H and O–H groups in total. The number of anilines is 1. The smallest absolute Gasteiger partial charge is 0.231 e. The Morgan fingerprint density at radius 2 is 1.72 bits per heavy atom. The van der Waals surface area contributed by atoms with Gasteiger partial charge in [-0.2, -0.15) is 0 Å². The minimum absolute atomic E-state index is 0.0961. The molecule has 1 aliphatic heterocycles. The van der Waals surface area contributed by atoms with Crippen LogP contribution < -0.4 is 20.1 Å². The molecule has 0 spiro atoms. The van der Waals surface area contributed by atoms with E-state index in [0.29, 0.717) is 48.4 Å². The van der Waals surface area contributed by atoms with Crippen molar-refractivity contribution in [2.75, 3.05) is 31.2 Å². The summed E-state index contributed by atoms with van der Waals surface area (Å²) in [5, 5.41) is 1.02. The molecule has 1 amide bonds. The van der Waals surface area contributed by atoms with Gasteiger partial charge in [0.15, 0.2) is 5.75 Å². The fourth-order valence-electron chi connectivity index (χ4n) is 4.51. The maximum atomic E-state index is 13.3. The molecule has 7 heteroatoms. The summed E-state index contributed by atoms with van der Waals surface area (Å²) in [5.74, 6) is 1.11. The highest BCUT2D eigenvalue weighted by atomic mass is 35.5. The molecule has 0 radical (unpaired) electrons. The lowest BCUT2D eigenvalue weighted by Crippen LogP contribution is -2.42. The SMILES string of the molecule is Cc1cc(Cl)c(OCCCOc2ccc(CC(CN)C(=O)N3CCCc4ccccc43)cc2)c(Cl)c1. The maximum absolute atomic E-state index is 13.3. The molecule has 1 unspecified atom stereocenters. The highest BCUT2D eigenvalue weighted by Crippen LogP contribution is 2.34.